The van der Waals surface area contributed by atoms with Gasteiger partial charge in [-0.2, -0.15) is 0 Å². The summed E-state index contributed by atoms with van der Waals surface area (Å²) < 4.78 is 5.45. The molecule has 2 aliphatic heterocycles. The molecule has 2 unspecified atom stereocenters. The third kappa shape index (κ3) is 5.27. The predicted molar refractivity (Wildman–Crippen MR) is 99.4 cm³/mol. The number of likely N-dealkylation sites (tertiary alicyclic amines) is 1. The molecule has 0 aromatic heterocycles. The number of aliphatic hydroxyl groups excluding tert-OH is 1. The van der Waals surface area contributed by atoms with E-state index in [9.17, 15) is 9.90 Å². The van der Waals surface area contributed by atoms with Crippen LogP contribution in [-0.2, 0) is 9.53 Å². The lowest BCUT2D eigenvalue weighted by molar-refractivity contribution is -0.125. The van der Waals surface area contributed by atoms with Gasteiger partial charge in [0, 0.05) is 32.7 Å². The average molecular weight is 352 g/mol. The Morgan fingerprint density at radius 1 is 1.16 bits per heavy atom. The maximum atomic E-state index is 13.1. The number of rotatable bonds is 5. The first-order valence-corrected chi connectivity index (χ1v) is 10.3. The second-order valence-corrected chi connectivity index (χ2v) is 9.86. The molecular weight excluding hydrogens is 314 g/mol. The molecule has 144 valence electrons. The zero-order valence-electron chi connectivity index (χ0n) is 16.4. The Labute approximate surface area is 153 Å². The van der Waals surface area contributed by atoms with Crippen molar-refractivity contribution in [3.8, 4) is 0 Å². The number of Topliss-reactive ketones (excluding diaryl/α,β-unsaturated/α-hetero) is 1. The van der Waals surface area contributed by atoms with Gasteiger partial charge in [-0.05, 0) is 61.7 Å². The highest BCUT2D eigenvalue weighted by Gasteiger charge is 2.39. The van der Waals surface area contributed by atoms with Gasteiger partial charge in [0.05, 0.1) is 12.1 Å². The maximum Gasteiger partial charge on any atom is 0.150 e. The van der Waals surface area contributed by atoms with Gasteiger partial charge < -0.3 is 9.84 Å². The fourth-order valence-electron chi connectivity index (χ4n) is 5.80. The summed E-state index contributed by atoms with van der Waals surface area (Å²) in [6.45, 7) is 10.3. The summed E-state index contributed by atoms with van der Waals surface area (Å²) in [4.78, 5) is 15.3. The summed E-state index contributed by atoms with van der Waals surface area (Å²) in [5.74, 6) is 2.23. The number of hydrogen-bond donors (Lipinski definition) is 1. The van der Waals surface area contributed by atoms with E-state index >= 15 is 0 Å². The van der Waals surface area contributed by atoms with Crippen molar-refractivity contribution in [2.45, 2.75) is 77.9 Å². The van der Waals surface area contributed by atoms with Crippen LogP contribution in [0.15, 0.2) is 0 Å². The normalized spacial score (nSPS) is 37.3. The van der Waals surface area contributed by atoms with Gasteiger partial charge in [-0.15, -0.1) is 0 Å². The Morgan fingerprint density at radius 3 is 2.56 bits per heavy atom. The molecule has 0 radical (unpaired) electrons. The number of aliphatic hydroxyl groups is 1. The van der Waals surface area contributed by atoms with Gasteiger partial charge >= 0.3 is 0 Å². The van der Waals surface area contributed by atoms with E-state index in [1.807, 2.05) is 0 Å². The van der Waals surface area contributed by atoms with Crippen LogP contribution in [0, 0.1) is 23.2 Å². The van der Waals surface area contributed by atoms with Crippen molar-refractivity contribution in [2.75, 3.05) is 26.3 Å². The van der Waals surface area contributed by atoms with Crippen LogP contribution < -0.4 is 0 Å². The average Bonchev–Trinajstić information content (AvgIpc) is 2.87. The van der Waals surface area contributed by atoms with E-state index in [1.165, 1.54) is 12.8 Å². The molecule has 3 aliphatic rings. The lowest BCUT2D eigenvalue weighted by Gasteiger charge is -2.39. The Morgan fingerprint density at radius 2 is 1.88 bits per heavy atom. The third-order valence-electron chi connectivity index (χ3n) is 6.55. The van der Waals surface area contributed by atoms with Crippen molar-refractivity contribution in [3.05, 3.63) is 0 Å². The lowest BCUT2D eigenvalue weighted by Crippen LogP contribution is -2.41. The second-order valence-electron chi connectivity index (χ2n) is 9.86. The monoisotopic (exact) mass is 351 g/mol. The highest BCUT2D eigenvalue weighted by molar-refractivity contribution is 5.84. The first-order chi connectivity index (χ1) is 11.8. The zero-order valence-corrected chi connectivity index (χ0v) is 16.4. The Balaban J connectivity index is 1.57. The van der Waals surface area contributed by atoms with Gasteiger partial charge in [0.1, 0.15) is 5.78 Å². The molecule has 3 fully saturated rings. The van der Waals surface area contributed by atoms with E-state index in [4.69, 9.17) is 4.74 Å². The summed E-state index contributed by atoms with van der Waals surface area (Å²) in [5, 5.41) is 10.2. The number of carbonyl (C=O) groups excluding carboxylic acids is 1. The van der Waals surface area contributed by atoms with Crippen LogP contribution in [0.5, 0.6) is 0 Å². The van der Waals surface area contributed by atoms with Crippen molar-refractivity contribution in [2.24, 2.45) is 23.2 Å². The standard InChI is InChI=1S/C21H37NO3/c1-15-8-17(12-21(2,3)11-15)9-20(24)19-10-18(23)14-22(19)13-16-4-6-25-7-5-16/h15-19,23H,4-14H2,1-3H3/t15?,17?,18-,19+/m1/s1. The number of nitrogens with zero attached hydrogens (tertiary/aromatic N) is 1. The fourth-order valence-corrected chi connectivity index (χ4v) is 5.80. The molecule has 0 amide bonds. The van der Waals surface area contributed by atoms with Gasteiger partial charge in [-0.1, -0.05) is 20.8 Å². The summed E-state index contributed by atoms with van der Waals surface area (Å²) >= 11 is 0. The largest absolute Gasteiger partial charge is 0.392 e. The van der Waals surface area contributed by atoms with E-state index < -0.39 is 0 Å². The van der Waals surface area contributed by atoms with E-state index in [0.29, 0.717) is 48.3 Å². The summed E-state index contributed by atoms with van der Waals surface area (Å²) in [5.41, 5.74) is 0.361. The SMILES string of the molecule is CC1CC(CC(=O)[C@@H]2C[C@@H](O)CN2CC2CCOCC2)CC(C)(C)C1. The first kappa shape index (κ1) is 19.3. The number of ketones is 1. The molecule has 0 spiro atoms. The van der Waals surface area contributed by atoms with E-state index in [-0.39, 0.29) is 12.1 Å². The van der Waals surface area contributed by atoms with Gasteiger partial charge in [-0.3, -0.25) is 9.69 Å². The molecule has 1 N–H and O–H groups in total. The lowest BCUT2D eigenvalue weighted by atomic mass is 9.67. The van der Waals surface area contributed by atoms with Crippen LogP contribution in [0.1, 0.15) is 65.7 Å². The Bertz CT molecular complexity index is 458. The van der Waals surface area contributed by atoms with E-state index in [0.717, 1.165) is 39.0 Å². The van der Waals surface area contributed by atoms with Gasteiger partial charge in [0.2, 0.25) is 0 Å². The molecular formula is C21H37NO3. The second kappa shape index (κ2) is 8.06. The van der Waals surface area contributed by atoms with E-state index in [2.05, 4.69) is 25.7 Å². The van der Waals surface area contributed by atoms with Gasteiger partial charge in [0.25, 0.3) is 0 Å². The number of hydrogen-bond acceptors (Lipinski definition) is 4. The van der Waals surface area contributed by atoms with Crippen molar-refractivity contribution in [1.29, 1.82) is 0 Å². The number of ether oxygens (including phenoxy) is 1. The molecule has 0 aromatic rings. The summed E-state index contributed by atoms with van der Waals surface area (Å²) in [6, 6.07) is -0.0572. The smallest absolute Gasteiger partial charge is 0.150 e. The molecule has 4 atom stereocenters. The minimum Gasteiger partial charge on any atom is -0.392 e. The number of β-amino-alcohol motifs (C(OH)–C–C–N with tert-alkyl or cyclic N) is 1. The molecule has 4 heteroatoms. The van der Waals surface area contributed by atoms with Crippen LogP contribution in [0.3, 0.4) is 0 Å². The van der Waals surface area contributed by atoms with Crippen molar-refractivity contribution >= 4 is 5.78 Å². The van der Waals surface area contributed by atoms with Crippen molar-refractivity contribution in [1.82, 2.24) is 4.90 Å². The van der Waals surface area contributed by atoms with Crippen LogP contribution in [-0.4, -0.2) is 54.2 Å². The molecule has 2 heterocycles. The molecule has 1 aliphatic carbocycles. The molecule has 25 heavy (non-hydrogen) atoms. The topological polar surface area (TPSA) is 49.8 Å². The van der Waals surface area contributed by atoms with Crippen molar-refractivity contribution < 1.29 is 14.6 Å². The van der Waals surface area contributed by atoms with E-state index in [1.54, 1.807) is 0 Å². The van der Waals surface area contributed by atoms with Gasteiger partial charge in [0.15, 0.2) is 0 Å². The molecule has 0 aromatic carbocycles. The fraction of sp³-hybridized carbons (Fsp3) is 0.952. The number of carbonyl (C=O) groups is 1. The van der Waals surface area contributed by atoms with Crippen LogP contribution in [0.4, 0.5) is 0 Å². The van der Waals surface area contributed by atoms with Crippen LogP contribution in [0.25, 0.3) is 0 Å². The van der Waals surface area contributed by atoms with Crippen molar-refractivity contribution in [3.63, 3.8) is 0 Å². The quantitative estimate of drug-likeness (QED) is 0.826. The Kier molecular flexibility index (Phi) is 6.23. The molecule has 4 nitrogen and oxygen atoms in total. The maximum absolute atomic E-state index is 13.1. The highest BCUT2D eigenvalue weighted by Crippen LogP contribution is 2.43. The van der Waals surface area contributed by atoms with Gasteiger partial charge in [-0.25, -0.2) is 0 Å². The highest BCUT2D eigenvalue weighted by atomic mass is 16.5. The third-order valence-corrected chi connectivity index (χ3v) is 6.55. The Hall–Kier alpha value is -0.450. The molecule has 1 saturated carbocycles. The molecule has 0 bridgehead atoms. The summed E-state index contributed by atoms with van der Waals surface area (Å²) in [6.07, 6.45) is 6.79. The molecule has 2 saturated heterocycles. The zero-order chi connectivity index (χ0) is 18.0. The van der Waals surface area contributed by atoms with Crippen LogP contribution >= 0.6 is 0 Å². The predicted octanol–water partition coefficient (Wildman–Crippen LogP) is 3.27. The minimum atomic E-state index is -0.337. The van der Waals surface area contributed by atoms with Crippen LogP contribution in [0.2, 0.25) is 0 Å². The first-order valence-electron chi connectivity index (χ1n) is 10.3. The minimum absolute atomic E-state index is 0.0572. The summed E-state index contributed by atoms with van der Waals surface area (Å²) in [7, 11) is 0. The molecule has 3 rings (SSSR count).